The van der Waals surface area contributed by atoms with Crippen LogP contribution in [0.2, 0.25) is 0 Å². The van der Waals surface area contributed by atoms with Crippen molar-refractivity contribution in [3.63, 3.8) is 0 Å². The van der Waals surface area contributed by atoms with Crippen LogP contribution in [0, 0.1) is 6.92 Å². The predicted octanol–water partition coefficient (Wildman–Crippen LogP) is 3.55. The number of aryl methyl sites for hydroxylation is 1. The Balaban J connectivity index is 2.23. The summed E-state index contributed by atoms with van der Waals surface area (Å²) in [6.07, 6.45) is 1.73. The van der Waals surface area contributed by atoms with Crippen LogP contribution in [0.25, 0.3) is 0 Å². The molecule has 1 aromatic heterocycles. The molecule has 0 radical (unpaired) electrons. The first kappa shape index (κ1) is 18.7. The molecule has 1 N–H and O–H groups in total. The molecule has 0 aliphatic heterocycles. The summed E-state index contributed by atoms with van der Waals surface area (Å²) >= 11 is 0. The molecule has 0 saturated carbocycles. The van der Waals surface area contributed by atoms with Gasteiger partial charge in [-0.05, 0) is 43.9 Å². The Morgan fingerprint density at radius 1 is 1.21 bits per heavy atom. The van der Waals surface area contributed by atoms with E-state index >= 15 is 0 Å². The van der Waals surface area contributed by atoms with E-state index in [4.69, 9.17) is 0 Å². The molecule has 0 saturated heterocycles. The highest BCUT2D eigenvalue weighted by Gasteiger charge is 2.22. The largest absolute Gasteiger partial charge is 0.270 e. The van der Waals surface area contributed by atoms with Gasteiger partial charge in [0, 0.05) is 23.8 Å². The van der Waals surface area contributed by atoms with Gasteiger partial charge in [0.05, 0.1) is 11.1 Å². The van der Waals surface area contributed by atoms with Crippen LogP contribution in [0.3, 0.4) is 0 Å². The van der Waals surface area contributed by atoms with Crippen LogP contribution >= 0.6 is 0 Å². The summed E-state index contributed by atoms with van der Waals surface area (Å²) in [6, 6.07) is 6.74. The summed E-state index contributed by atoms with van der Waals surface area (Å²) in [7, 11) is -3.57. The molecule has 0 fully saturated rings. The number of hydrogen-bond acceptors (Lipinski definition) is 3. The number of sulfonamides is 1. The highest BCUT2D eigenvalue weighted by Crippen LogP contribution is 2.24. The fourth-order valence-corrected chi connectivity index (χ4v) is 3.93. The Bertz CT molecular complexity index is 800. The SMILES string of the molecule is CCn1ncc(C(C)NS(=O)(=O)c2ccc(C(C)(C)C)cc2)c1C. The van der Waals surface area contributed by atoms with Crippen molar-refractivity contribution in [3.8, 4) is 0 Å². The molecule has 132 valence electrons. The molecular formula is C18H27N3O2S. The second kappa shape index (κ2) is 6.69. The summed E-state index contributed by atoms with van der Waals surface area (Å²) in [5, 5.41) is 4.28. The van der Waals surface area contributed by atoms with Gasteiger partial charge in [-0.15, -0.1) is 0 Å². The molecule has 2 aromatic rings. The van der Waals surface area contributed by atoms with Crippen molar-refractivity contribution < 1.29 is 8.42 Å². The van der Waals surface area contributed by atoms with Crippen LogP contribution in [0.1, 0.15) is 57.5 Å². The summed E-state index contributed by atoms with van der Waals surface area (Å²) in [4.78, 5) is 0.280. The van der Waals surface area contributed by atoms with E-state index in [1.54, 1.807) is 18.3 Å². The molecule has 6 heteroatoms. The molecule has 1 aromatic carbocycles. The Labute approximate surface area is 145 Å². The number of aromatic nitrogens is 2. The molecule has 1 atom stereocenters. The molecule has 0 amide bonds. The van der Waals surface area contributed by atoms with Gasteiger partial charge < -0.3 is 0 Å². The number of benzene rings is 1. The normalized spacial score (nSPS) is 13.9. The molecular weight excluding hydrogens is 322 g/mol. The minimum Gasteiger partial charge on any atom is -0.270 e. The lowest BCUT2D eigenvalue weighted by Gasteiger charge is -2.19. The van der Waals surface area contributed by atoms with E-state index in [1.165, 1.54) is 0 Å². The summed E-state index contributed by atoms with van der Waals surface area (Å²) < 4.78 is 29.9. The van der Waals surface area contributed by atoms with Crippen molar-refractivity contribution in [2.24, 2.45) is 0 Å². The minimum atomic E-state index is -3.57. The van der Waals surface area contributed by atoms with Gasteiger partial charge in [0.2, 0.25) is 10.0 Å². The molecule has 1 unspecified atom stereocenters. The Morgan fingerprint density at radius 2 is 1.79 bits per heavy atom. The van der Waals surface area contributed by atoms with Crippen LogP contribution in [0.15, 0.2) is 35.4 Å². The maximum absolute atomic E-state index is 12.6. The Morgan fingerprint density at radius 3 is 2.25 bits per heavy atom. The van der Waals surface area contributed by atoms with Gasteiger partial charge in [-0.2, -0.15) is 5.10 Å². The number of rotatable bonds is 5. The topological polar surface area (TPSA) is 64.0 Å². The molecule has 24 heavy (non-hydrogen) atoms. The van der Waals surface area contributed by atoms with Crippen molar-refractivity contribution in [2.75, 3.05) is 0 Å². The molecule has 0 spiro atoms. The van der Waals surface area contributed by atoms with Crippen LogP contribution in [0.5, 0.6) is 0 Å². The van der Waals surface area contributed by atoms with Crippen molar-refractivity contribution in [1.82, 2.24) is 14.5 Å². The zero-order valence-electron chi connectivity index (χ0n) is 15.3. The van der Waals surface area contributed by atoms with Gasteiger partial charge in [0.25, 0.3) is 0 Å². The van der Waals surface area contributed by atoms with Crippen LogP contribution in [0.4, 0.5) is 0 Å². The molecule has 1 heterocycles. The summed E-state index contributed by atoms with van der Waals surface area (Å²) in [5.74, 6) is 0. The van der Waals surface area contributed by atoms with Crippen molar-refractivity contribution >= 4 is 10.0 Å². The number of hydrogen-bond donors (Lipinski definition) is 1. The maximum Gasteiger partial charge on any atom is 0.241 e. The minimum absolute atomic E-state index is 0.00510. The standard InChI is InChI=1S/C18H27N3O2S/c1-7-21-14(3)17(12-19-21)13(2)20-24(22,23)16-10-8-15(9-11-16)18(4,5)6/h8-13,20H,7H2,1-6H3. The first-order chi connectivity index (χ1) is 11.1. The zero-order chi connectivity index (χ0) is 18.1. The first-order valence-electron chi connectivity index (χ1n) is 8.21. The van der Waals surface area contributed by atoms with E-state index in [2.05, 4.69) is 30.6 Å². The molecule has 5 nitrogen and oxygen atoms in total. The van der Waals surface area contributed by atoms with Crippen LogP contribution in [-0.2, 0) is 22.0 Å². The van der Waals surface area contributed by atoms with Crippen LogP contribution < -0.4 is 4.72 Å². The van der Waals surface area contributed by atoms with E-state index < -0.39 is 10.0 Å². The first-order valence-corrected chi connectivity index (χ1v) is 9.69. The average molecular weight is 350 g/mol. The number of nitrogens with one attached hydrogen (secondary N) is 1. The predicted molar refractivity (Wildman–Crippen MR) is 96.5 cm³/mol. The van der Waals surface area contributed by atoms with E-state index in [9.17, 15) is 8.42 Å². The third-order valence-corrected chi connectivity index (χ3v) is 5.83. The van der Waals surface area contributed by atoms with Gasteiger partial charge in [0.15, 0.2) is 0 Å². The monoisotopic (exact) mass is 349 g/mol. The van der Waals surface area contributed by atoms with Crippen molar-refractivity contribution in [3.05, 3.63) is 47.3 Å². The fourth-order valence-electron chi connectivity index (χ4n) is 2.70. The highest BCUT2D eigenvalue weighted by atomic mass is 32.2. The van der Waals surface area contributed by atoms with E-state index in [0.717, 1.165) is 23.4 Å². The van der Waals surface area contributed by atoms with Gasteiger partial charge in [-0.1, -0.05) is 32.9 Å². The summed E-state index contributed by atoms with van der Waals surface area (Å²) in [5.41, 5.74) is 2.98. The van der Waals surface area contributed by atoms with Crippen LogP contribution in [-0.4, -0.2) is 18.2 Å². The van der Waals surface area contributed by atoms with Gasteiger partial charge in [0.1, 0.15) is 0 Å². The lowest BCUT2D eigenvalue weighted by molar-refractivity contribution is 0.564. The van der Waals surface area contributed by atoms with Crippen molar-refractivity contribution in [2.45, 2.75) is 64.4 Å². The fraction of sp³-hybridized carbons (Fsp3) is 0.500. The third-order valence-electron chi connectivity index (χ3n) is 4.27. The quantitative estimate of drug-likeness (QED) is 0.898. The van der Waals surface area contributed by atoms with E-state index in [1.807, 2.05) is 37.6 Å². The van der Waals surface area contributed by atoms with Crippen molar-refractivity contribution in [1.29, 1.82) is 0 Å². The van der Waals surface area contributed by atoms with Gasteiger partial charge in [-0.3, -0.25) is 4.68 Å². The maximum atomic E-state index is 12.6. The van der Waals surface area contributed by atoms with Gasteiger partial charge in [-0.25, -0.2) is 13.1 Å². The molecule has 0 aliphatic carbocycles. The second-order valence-electron chi connectivity index (χ2n) is 7.12. The van der Waals surface area contributed by atoms with E-state index in [-0.39, 0.29) is 16.4 Å². The van der Waals surface area contributed by atoms with Gasteiger partial charge >= 0.3 is 0 Å². The number of nitrogens with zero attached hydrogens (tertiary/aromatic N) is 2. The molecule has 0 aliphatic rings. The zero-order valence-corrected chi connectivity index (χ0v) is 16.1. The average Bonchev–Trinajstić information content (AvgIpc) is 2.87. The van der Waals surface area contributed by atoms with E-state index in [0.29, 0.717) is 0 Å². The lowest BCUT2D eigenvalue weighted by atomic mass is 9.87. The Kier molecular flexibility index (Phi) is 5.20. The summed E-state index contributed by atoms with van der Waals surface area (Å²) in [6.45, 7) is 12.9. The lowest BCUT2D eigenvalue weighted by Crippen LogP contribution is -2.27. The second-order valence-corrected chi connectivity index (χ2v) is 8.83. The smallest absolute Gasteiger partial charge is 0.241 e. The third kappa shape index (κ3) is 3.87. The molecule has 0 bridgehead atoms. The highest BCUT2D eigenvalue weighted by molar-refractivity contribution is 7.89. The molecule has 2 rings (SSSR count). The Hall–Kier alpha value is -1.66.